The number of carbonyl (C=O) groups excluding carboxylic acids is 1. The Kier molecular flexibility index (Phi) is 4.39. The maximum absolute atomic E-state index is 10.2. The summed E-state index contributed by atoms with van der Waals surface area (Å²) in [7, 11) is 1.87. The van der Waals surface area contributed by atoms with Crippen molar-refractivity contribution in [1.82, 2.24) is 4.90 Å². The van der Waals surface area contributed by atoms with E-state index >= 15 is 0 Å². The summed E-state index contributed by atoms with van der Waals surface area (Å²) in [6.07, 6.45) is 0.873. The number of rotatable bonds is 4. The molecule has 1 rings (SSSR count). The van der Waals surface area contributed by atoms with E-state index in [-0.39, 0.29) is 0 Å². The molecule has 0 saturated carbocycles. The fraction of sp³-hybridized carbons (Fsp3) is 0.300. The van der Waals surface area contributed by atoms with Gasteiger partial charge in [0, 0.05) is 6.54 Å². The molecule has 76 valence electrons. The van der Waals surface area contributed by atoms with Crippen molar-refractivity contribution in [2.75, 3.05) is 13.6 Å². The Hall–Kier alpha value is -0.570. The summed E-state index contributed by atoms with van der Waals surface area (Å²) >= 11 is 11.6. The van der Waals surface area contributed by atoms with Crippen LogP contribution in [0, 0.1) is 0 Å². The maximum atomic E-state index is 10.2. The molecule has 0 N–H and O–H groups in total. The van der Waals surface area contributed by atoms with E-state index in [4.69, 9.17) is 23.2 Å². The van der Waals surface area contributed by atoms with Crippen LogP contribution in [-0.2, 0) is 11.3 Å². The Morgan fingerprint density at radius 2 is 2.07 bits per heavy atom. The van der Waals surface area contributed by atoms with Gasteiger partial charge < -0.3 is 4.79 Å². The van der Waals surface area contributed by atoms with Crippen LogP contribution in [0.2, 0.25) is 10.0 Å². The van der Waals surface area contributed by atoms with Gasteiger partial charge in [0.2, 0.25) is 0 Å². The molecule has 0 aliphatic heterocycles. The summed E-state index contributed by atoms with van der Waals surface area (Å²) in [5, 5.41) is 1.09. The predicted octanol–water partition coefficient (Wildman–Crippen LogP) is 2.62. The number of hydrogen-bond donors (Lipinski definition) is 0. The van der Waals surface area contributed by atoms with Gasteiger partial charge in [-0.15, -0.1) is 0 Å². The minimum atomic E-state index is 0.417. The highest BCUT2D eigenvalue weighted by atomic mass is 35.5. The summed E-state index contributed by atoms with van der Waals surface area (Å²) in [5.41, 5.74) is 1.05. The zero-order chi connectivity index (χ0) is 10.6. The molecule has 0 aliphatic rings. The molecule has 0 bridgehead atoms. The van der Waals surface area contributed by atoms with Crippen LogP contribution in [0.1, 0.15) is 5.56 Å². The molecule has 0 aromatic heterocycles. The van der Waals surface area contributed by atoms with Crippen LogP contribution in [0.25, 0.3) is 0 Å². The molecule has 0 heterocycles. The van der Waals surface area contributed by atoms with Crippen LogP contribution in [0.3, 0.4) is 0 Å². The number of carbonyl (C=O) groups is 1. The molecule has 0 spiro atoms. The van der Waals surface area contributed by atoms with Gasteiger partial charge in [-0.05, 0) is 24.7 Å². The van der Waals surface area contributed by atoms with Gasteiger partial charge in [0.1, 0.15) is 6.29 Å². The van der Waals surface area contributed by atoms with E-state index in [0.717, 1.165) is 11.8 Å². The second kappa shape index (κ2) is 5.35. The van der Waals surface area contributed by atoms with E-state index < -0.39 is 0 Å². The standard InChI is InChI=1S/C10H11Cl2NO/c1-13(4-5-14)7-8-2-3-9(11)10(12)6-8/h2-3,5-6H,4,7H2,1H3. The summed E-state index contributed by atoms with van der Waals surface area (Å²) in [6.45, 7) is 1.11. The minimum Gasteiger partial charge on any atom is -0.302 e. The Labute approximate surface area is 93.4 Å². The van der Waals surface area contributed by atoms with E-state index in [0.29, 0.717) is 23.1 Å². The van der Waals surface area contributed by atoms with E-state index in [2.05, 4.69) is 0 Å². The molecule has 0 aliphatic carbocycles. The molecule has 0 fully saturated rings. The van der Waals surface area contributed by atoms with Crippen LogP contribution in [-0.4, -0.2) is 24.8 Å². The molecule has 0 atom stereocenters. The third kappa shape index (κ3) is 3.29. The summed E-state index contributed by atoms with van der Waals surface area (Å²) in [5.74, 6) is 0. The lowest BCUT2D eigenvalue weighted by Crippen LogP contribution is -2.19. The van der Waals surface area contributed by atoms with Crippen molar-refractivity contribution in [2.24, 2.45) is 0 Å². The van der Waals surface area contributed by atoms with Crippen LogP contribution in [0.4, 0.5) is 0 Å². The van der Waals surface area contributed by atoms with Gasteiger partial charge in [-0.3, -0.25) is 4.90 Å². The topological polar surface area (TPSA) is 20.3 Å². The van der Waals surface area contributed by atoms with Crippen molar-refractivity contribution in [2.45, 2.75) is 6.54 Å². The maximum Gasteiger partial charge on any atom is 0.133 e. The quantitative estimate of drug-likeness (QED) is 0.743. The number of nitrogens with zero attached hydrogens (tertiary/aromatic N) is 1. The molecule has 14 heavy (non-hydrogen) atoms. The average Bonchev–Trinajstić information content (AvgIpc) is 2.12. The van der Waals surface area contributed by atoms with Crippen molar-refractivity contribution < 1.29 is 4.79 Å². The highest BCUT2D eigenvalue weighted by Gasteiger charge is 2.02. The van der Waals surface area contributed by atoms with Crippen molar-refractivity contribution in [3.63, 3.8) is 0 Å². The van der Waals surface area contributed by atoms with Crippen LogP contribution in [0.5, 0.6) is 0 Å². The predicted molar refractivity (Wildman–Crippen MR) is 58.9 cm³/mol. The molecule has 1 aromatic carbocycles. The molecule has 0 amide bonds. The average molecular weight is 232 g/mol. The fourth-order valence-corrected chi connectivity index (χ4v) is 1.46. The van der Waals surface area contributed by atoms with Gasteiger partial charge in [0.05, 0.1) is 16.6 Å². The Bertz CT molecular complexity index is 328. The number of aldehydes is 1. The van der Waals surface area contributed by atoms with E-state index in [1.807, 2.05) is 24.1 Å². The Morgan fingerprint density at radius 1 is 1.36 bits per heavy atom. The second-order valence-corrected chi connectivity index (χ2v) is 3.93. The van der Waals surface area contributed by atoms with Gasteiger partial charge in [-0.1, -0.05) is 29.3 Å². The van der Waals surface area contributed by atoms with Gasteiger partial charge in [-0.25, -0.2) is 0 Å². The molecule has 0 saturated heterocycles. The van der Waals surface area contributed by atoms with Gasteiger partial charge in [-0.2, -0.15) is 0 Å². The zero-order valence-electron chi connectivity index (χ0n) is 7.84. The number of halogens is 2. The van der Waals surface area contributed by atoms with E-state index in [9.17, 15) is 4.79 Å². The third-order valence-electron chi connectivity index (χ3n) is 1.82. The monoisotopic (exact) mass is 231 g/mol. The van der Waals surface area contributed by atoms with Crippen molar-refractivity contribution in [3.8, 4) is 0 Å². The highest BCUT2D eigenvalue weighted by molar-refractivity contribution is 6.42. The Balaban J connectivity index is 2.67. The largest absolute Gasteiger partial charge is 0.302 e. The van der Waals surface area contributed by atoms with Gasteiger partial charge in [0.25, 0.3) is 0 Å². The molecule has 2 nitrogen and oxygen atoms in total. The van der Waals surface area contributed by atoms with Crippen LogP contribution in [0.15, 0.2) is 18.2 Å². The number of hydrogen-bond acceptors (Lipinski definition) is 2. The lowest BCUT2D eigenvalue weighted by molar-refractivity contribution is -0.108. The first-order chi connectivity index (χ1) is 6.63. The second-order valence-electron chi connectivity index (χ2n) is 3.11. The summed E-state index contributed by atoms with van der Waals surface area (Å²) in [6, 6.07) is 5.47. The first-order valence-corrected chi connectivity index (χ1v) is 4.95. The lowest BCUT2D eigenvalue weighted by Gasteiger charge is -2.13. The minimum absolute atomic E-state index is 0.417. The fourth-order valence-electron chi connectivity index (χ4n) is 1.14. The van der Waals surface area contributed by atoms with E-state index in [1.165, 1.54) is 0 Å². The van der Waals surface area contributed by atoms with Crippen molar-refractivity contribution in [1.29, 1.82) is 0 Å². The molecule has 1 aromatic rings. The normalized spacial score (nSPS) is 10.6. The SMILES string of the molecule is CN(CC=O)Cc1ccc(Cl)c(Cl)c1. The summed E-state index contributed by atoms with van der Waals surface area (Å²) in [4.78, 5) is 12.1. The van der Waals surface area contributed by atoms with Gasteiger partial charge in [0.15, 0.2) is 0 Å². The third-order valence-corrected chi connectivity index (χ3v) is 2.56. The van der Waals surface area contributed by atoms with Crippen molar-refractivity contribution >= 4 is 29.5 Å². The summed E-state index contributed by atoms with van der Waals surface area (Å²) < 4.78 is 0. The van der Waals surface area contributed by atoms with Gasteiger partial charge >= 0.3 is 0 Å². The van der Waals surface area contributed by atoms with Crippen LogP contribution >= 0.6 is 23.2 Å². The Morgan fingerprint density at radius 3 is 2.64 bits per heavy atom. The number of benzene rings is 1. The highest BCUT2D eigenvalue weighted by Crippen LogP contribution is 2.22. The molecule has 4 heteroatoms. The van der Waals surface area contributed by atoms with Crippen LogP contribution < -0.4 is 0 Å². The number of likely N-dealkylation sites (N-methyl/N-ethyl adjacent to an activating group) is 1. The smallest absolute Gasteiger partial charge is 0.133 e. The molecular formula is C10H11Cl2NO. The van der Waals surface area contributed by atoms with Crippen molar-refractivity contribution in [3.05, 3.63) is 33.8 Å². The zero-order valence-corrected chi connectivity index (χ0v) is 9.35. The first kappa shape index (κ1) is 11.5. The molecular weight excluding hydrogens is 221 g/mol. The lowest BCUT2D eigenvalue weighted by atomic mass is 10.2. The first-order valence-electron chi connectivity index (χ1n) is 4.19. The van der Waals surface area contributed by atoms with E-state index in [1.54, 1.807) is 6.07 Å². The molecule has 0 radical (unpaired) electrons. The molecule has 0 unspecified atom stereocenters.